The van der Waals surface area contributed by atoms with Gasteiger partial charge in [0.25, 0.3) is 0 Å². The van der Waals surface area contributed by atoms with Crippen LogP contribution in [0.15, 0.2) is 0 Å². The predicted octanol–water partition coefficient (Wildman–Crippen LogP) is -0.263. The van der Waals surface area contributed by atoms with Crippen molar-refractivity contribution in [1.82, 2.24) is 0 Å². The van der Waals surface area contributed by atoms with E-state index in [9.17, 15) is 14.0 Å². The molecule has 0 spiro atoms. The molecule has 0 aliphatic heterocycles. The van der Waals surface area contributed by atoms with Crippen LogP contribution < -0.4 is 0 Å². The second-order valence-electron chi connectivity index (χ2n) is 4.58. The topological polar surface area (TPSA) is 355 Å². The molecular formula is C12CoFeN13O4. The Balaban J connectivity index is 0. The summed E-state index contributed by atoms with van der Waals surface area (Å²) in [7, 11) is -16.4. The number of hydrogen-bond donors (Lipinski definition) is 0. The molecule has 0 unspecified atom stereocenters. The van der Waals surface area contributed by atoms with Gasteiger partial charge in [-0.2, -0.15) is 0 Å². The molecule has 0 amide bonds. The van der Waals surface area contributed by atoms with Gasteiger partial charge in [0.2, 0.25) is 0 Å². The first-order chi connectivity index (χ1) is 13.9. The number of rotatable bonds is 2. The van der Waals surface area contributed by atoms with Crippen molar-refractivity contribution < 1.29 is 31.3 Å². The summed E-state index contributed by atoms with van der Waals surface area (Å²) in [6, 6.07) is 0. The van der Waals surface area contributed by atoms with Gasteiger partial charge in [-0.1, -0.05) is 0 Å². The third-order valence-electron chi connectivity index (χ3n) is 3.06. The molecule has 0 aromatic rings. The van der Waals surface area contributed by atoms with E-state index in [4.69, 9.17) is 63.1 Å². The molecule has 0 bridgehead atoms. The molecule has 0 radical (unpaired) electrons. The van der Waals surface area contributed by atoms with Crippen LogP contribution >= 0.6 is 0 Å². The summed E-state index contributed by atoms with van der Waals surface area (Å²) in [5, 5.41) is 117. The third-order valence-corrected chi connectivity index (χ3v) is 12.6. The summed E-state index contributed by atoms with van der Waals surface area (Å²) in [5.74, 6) is 0. The fraction of sp³-hybridized carbons (Fsp3) is 0. The number of nitro groups is 1. The summed E-state index contributed by atoms with van der Waals surface area (Å²) in [5.41, 5.74) is 0. The monoisotopic (exact) mass is 505 g/mol. The van der Waals surface area contributed by atoms with Gasteiger partial charge in [-0.3, -0.25) is 0 Å². The summed E-state index contributed by atoms with van der Waals surface area (Å²) < 4.78 is 13.8. The summed E-state index contributed by atoms with van der Waals surface area (Å²) in [4.78, 5) is 14.2. The Bertz CT molecular complexity index is 1410. The molecule has 19 heteroatoms. The van der Waals surface area contributed by atoms with Crippen molar-refractivity contribution in [3.05, 3.63) is 10.1 Å². The maximum absolute atomic E-state index is 12.2. The summed E-state index contributed by atoms with van der Waals surface area (Å²) >= 11 is 0. The van der Waals surface area contributed by atoms with Crippen LogP contribution in [0.1, 0.15) is 0 Å². The molecule has 0 saturated heterocycles. The third kappa shape index (κ3) is 1.84. The molecule has 0 N–H and O–H groups in total. The van der Waals surface area contributed by atoms with Crippen LogP contribution in [0.4, 0.5) is 0 Å². The van der Waals surface area contributed by atoms with Crippen molar-refractivity contribution in [1.29, 1.82) is 63.1 Å². The molecule has 0 aliphatic rings. The van der Waals surface area contributed by atoms with Gasteiger partial charge < -0.3 is 0 Å². The second kappa shape index (κ2) is 4.66. The van der Waals surface area contributed by atoms with E-state index in [-0.39, 0.29) is 0 Å². The van der Waals surface area contributed by atoms with Crippen molar-refractivity contribution in [2.24, 2.45) is 0 Å². The number of hydrogen-bond acceptors (Lipinski definition) is 16. The minimum absolute atomic E-state index is 0.508. The van der Waals surface area contributed by atoms with Crippen LogP contribution in [0.25, 0.3) is 0 Å². The Morgan fingerprint density at radius 3 is 0.871 bits per heavy atom. The average Bonchev–Trinajstić information content (AvgIpc) is 2.85. The standard InChI is InChI=1S/CHNO.11CN.Co.Fe.NO2.O/c2-1-3;11*1-2;;;2-1-3;/h3H;;;;;;;;;;;;;;;/q;;;;;;;;;;;;+1;;;/p-1. The Kier molecular flexibility index (Phi) is 4.07. The molecule has 0 rings (SSSR count). The van der Waals surface area contributed by atoms with E-state index in [0.29, 0.717) is 61.1 Å². The van der Waals surface area contributed by atoms with Crippen molar-refractivity contribution in [3.8, 4) is 61.1 Å². The molecule has 0 heterocycles. The van der Waals surface area contributed by atoms with Gasteiger partial charge in [0.1, 0.15) is 0 Å². The van der Waals surface area contributed by atoms with Gasteiger partial charge in [0.15, 0.2) is 0 Å². The zero-order valence-electron chi connectivity index (χ0n) is 14.1. The molecule has 0 atom stereocenters. The van der Waals surface area contributed by atoms with E-state index in [1.807, 2.05) is 0 Å². The summed E-state index contributed by atoms with van der Waals surface area (Å²) in [6.45, 7) is 0. The molecule has 0 aliphatic carbocycles. The van der Waals surface area contributed by atoms with Gasteiger partial charge in [0, 0.05) is 0 Å². The van der Waals surface area contributed by atoms with Crippen molar-refractivity contribution in [2.75, 3.05) is 0 Å². The zero-order valence-corrected chi connectivity index (χ0v) is 16.3. The van der Waals surface area contributed by atoms with Crippen LogP contribution in [-0.2, 0) is 27.4 Å². The fourth-order valence-electron chi connectivity index (χ4n) is 0.770. The van der Waals surface area contributed by atoms with Crippen molar-refractivity contribution >= 4 is 0 Å². The van der Waals surface area contributed by atoms with Crippen molar-refractivity contribution in [3.63, 3.8) is 0 Å². The van der Waals surface area contributed by atoms with Crippen LogP contribution in [0, 0.1) is 134 Å². The Labute approximate surface area is 165 Å². The molecule has 0 aromatic carbocycles. The summed E-state index contributed by atoms with van der Waals surface area (Å²) in [6.07, 6.45) is 0.620. The molecule has 0 fully saturated rings. The fourth-order valence-corrected chi connectivity index (χ4v) is 3.17. The molecule has 0 saturated carbocycles. The van der Waals surface area contributed by atoms with E-state index in [1.165, 1.54) is 0 Å². The number of nitrogens with zero attached hydrogens (tertiary/aromatic N) is 13. The van der Waals surface area contributed by atoms with Crippen molar-refractivity contribution in [2.45, 2.75) is 0 Å². The Morgan fingerprint density at radius 1 is 0.613 bits per heavy atom. The van der Waals surface area contributed by atoms with E-state index in [1.54, 1.807) is 0 Å². The number of nitriles is 12. The van der Waals surface area contributed by atoms with Crippen LogP contribution in [0.3, 0.4) is 0 Å². The predicted molar refractivity (Wildman–Crippen MR) is 76.1 cm³/mol. The van der Waals surface area contributed by atoms with Gasteiger partial charge >= 0.3 is 166 Å². The van der Waals surface area contributed by atoms with E-state index in [2.05, 4.69) is 3.85 Å². The Hall–Kier alpha value is -6.09. The van der Waals surface area contributed by atoms with Crippen LogP contribution in [0.5, 0.6) is 0 Å². The van der Waals surface area contributed by atoms with Gasteiger partial charge in [-0.25, -0.2) is 0 Å². The van der Waals surface area contributed by atoms with E-state index < -0.39 is 23.6 Å². The van der Waals surface area contributed by atoms with Gasteiger partial charge in [-0.05, 0) is 0 Å². The quantitative estimate of drug-likeness (QED) is 0.202. The molecule has 154 valence electrons. The first-order valence-electron chi connectivity index (χ1n) is 5.58. The normalized spacial score (nSPS) is 15.6. The molecule has 0 aromatic heterocycles. The Morgan fingerprint density at radius 2 is 0.839 bits per heavy atom. The zero-order chi connectivity index (χ0) is 25.5. The van der Waals surface area contributed by atoms with Gasteiger partial charge in [-0.15, -0.1) is 0 Å². The van der Waals surface area contributed by atoms with E-state index in [0.717, 1.165) is 0 Å². The molecular weight excluding hydrogens is 505 g/mol. The second-order valence-corrected chi connectivity index (χ2v) is 18.4. The molecule has 17 nitrogen and oxygen atoms in total. The average molecular weight is 505 g/mol. The maximum atomic E-state index is 12.2. The van der Waals surface area contributed by atoms with Gasteiger partial charge in [0.05, 0.1) is 0 Å². The molecule has 31 heavy (non-hydrogen) atoms. The van der Waals surface area contributed by atoms with E-state index >= 15 is 0 Å². The minimum atomic E-state index is -8.25. The first-order valence-corrected chi connectivity index (χ1v) is 12.8. The van der Waals surface area contributed by atoms with Crippen LogP contribution in [0.2, 0.25) is 0 Å². The first kappa shape index (κ1) is 27.1. The van der Waals surface area contributed by atoms with Crippen LogP contribution in [-0.4, -0.2) is 3.94 Å². The SMILES string of the molecule is N#C[O][Co](=[O])([C]#N)([C]#N)([C]#N)([C]#N)[C]#N.N#[C][Fe]([C]#N)([C]#N)([C]#N)([C]#N)([C]#N)[N+](=O)[O-].